The molecule has 0 fully saturated rings. The van der Waals surface area contributed by atoms with Crippen molar-refractivity contribution in [1.29, 1.82) is 0 Å². The van der Waals surface area contributed by atoms with Crippen LogP contribution in [0.1, 0.15) is 33.4 Å². The molecule has 1 rings (SSSR count). The van der Waals surface area contributed by atoms with Crippen molar-refractivity contribution in [3.8, 4) is 0 Å². The molecule has 86 valence electrons. The minimum Gasteiger partial charge on any atom is -0.351 e. The highest BCUT2D eigenvalue weighted by Gasteiger charge is 2.06. The highest BCUT2D eigenvalue weighted by atomic mass is 15.0. The Balaban J connectivity index is 2.31. The van der Waals surface area contributed by atoms with Gasteiger partial charge in [0.05, 0.1) is 0 Å². The minimum absolute atomic E-state index is 0.745. The Morgan fingerprint density at radius 2 is 2.07 bits per heavy atom. The standard InChI is InChI=1S/C13H24N2/c1-5-15-8-6-7-13(15)10-14-9-12(4)11(2)3/h6-8,11-12,14H,5,9-10H2,1-4H3. The van der Waals surface area contributed by atoms with Crippen molar-refractivity contribution in [2.24, 2.45) is 11.8 Å². The van der Waals surface area contributed by atoms with Crippen molar-refractivity contribution in [3.63, 3.8) is 0 Å². The van der Waals surface area contributed by atoms with E-state index in [2.05, 4.69) is 55.9 Å². The van der Waals surface area contributed by atoms with Crippen LogP contribution in [-0.4, -0.2) is 11.1 Å². The summed E-state index contributed by atoms with van der Waals surface area (Å²) >= 11 is 0. The zero-order valence-electron chi connectivity index (χ0n) is 10.5. The van der Waals surface area contributed by atoms with Gasteiger partial charge < -0.3 is 9.88 Å². The molecule has 1 aromatic rings. The molecule has 0 aromatic carbocycles. The molecule has 0 spiro atoms. The summed E-state index contributed by atoms with van der Waals surface area (Å²) in [5, 5.41) is 3.52. The summed E-state index contributed by atoms with van der Waals surface area (Å²) in [5.74, 6) is 1.51. The van der Waals surface area contributed by atoms with Gasteiger partial charge in [-0.3, -0.25) is 0 Å². The van der Waals surface area contributed by atoms with E-state index >= 15 is 0 Å². The molecule has 0 saturated carbocycles. The quantitative estimate of drug-likeness (QED) is 0.760. The van der Waals surface area contributed by atoms with Crippen LogP contribution in [0, 0.1) is 11.8 Å². The molecule has 1 heterocycles. The molecule has 1 aromatic heterocycles. The summed E-state index contributed by atoms with van der Waals surface area (Å²) in [4.78, 5) is 0. The molecule has 0 bridgehead atoms. The van der Waals surface area contributed by atoms with Gasteiger partial charge in [-0.15, -0.1) is 0 Å². The fraction of sp³-hybridized carbons (Fsp3) is 0.692. The average molecular weight is 208 g/mol. The third kappa shape index (κ3) is 3.71. The molecule has 0 radical (unpaired) electrons. The molecule has 0 aliphatic heterocycles. The van der Waals surface area contributed by atoms with Crippen LogP contribution in [0.15, 0.2) is 18.3 Å². The smallest absolute Gasteiger partial charge is 0.0359 e. The van der Waals surface area contributed by atoms with Gasteiger partial charge in [0.15, 0.2) is 0 Å². The number of hydrogen-bond acceptors (Lipinski definition) is 1. The van der Waals surface area contributed by atoms with E-state index in [1.807, 2.05) is 0 Å². The minimum atomic E-state index is 0.745. The first-order valence-corrected chi connectivity index (χ1v) is 5.99. The first kappa shape index (κ1) is 12.3. The Bertz CT molecular complexity index is 276. The van der Waals surface area contributed by atoms with Crippen LogP contribution in [-0.2, 0) is 13.1 Å². The van der Waals surface area contributed by atoms with Gasteiger partial charge in [0.1, 0.15) is 0 Å². The van der Waals surface area contributed by atoms with Gasteiger partial charge in [-0.2, -0.15) is 0 Å². The monoisotopic (exact) mass is 208 g/mol. The van der Waals surface area contributed by atoms with E-state index in [4.69, 9.17) is 0 Å². The van der Waals surface area contributed by atoms with E-state index in [-0.39, 0.29) is 0 Å². The van der Waals surface area contributed by atoms with Crippen LogP contribution in [0.2, 0.25) is 0 Å². The van der Waals surface area contributed by atoms with Gasteiger partial charge in [-0.05, 0) is 37.4 Å². The van der Waals surface area contributed by atoms with Crippen molar-refractivity contribution in [2.75, 3.05) is 6.54 Å². The second kappa shape index (κ2) is 5.96. The van der Waals surface area contributed by atoms with Crippen LogP contribution in [0.4, 0.5) is 0 Å². The Kier molecular flexibility index (Phi) is 4.89. The highest BCUT2D eigenvalue weighted by Crippen LogP contribution is 2.08. The first-order valence-electron chi connectivity index (χ1n) is 5.99. The fourth-order valence-electron chi connectivity index (χ4n) is 1.58. The molecule has 2 heteroatoms. The molecule has 0 saturated heterocycles. The Morgan fingerprint density at radius 3 is 2.67 bits per heavy atom. The number of aryl methyl sites for hydroxylation is 1. The molecule has 1 N–H and O–H groups in total. The topological polar surface area (TPSA) is 17.0 Å². The zero-order valence-corrected chi connectivity index (χ0v) is 10.5. The third-order valence-corrected chi connectivity index (χ3v) is 3.17. The van der Waals surface area contributed by atoms with E-state index in [0.717, 1.165) is 31.5 Å². The van der Waals surface area contributed by atoms with E-state index in [0.29, 0.717) is 0 Å². The summed E-state index contributed by atoms with van der Waals surface area (Å²) in [6, 6.07) is 4.31. The maximum atomic E-state index is 3.52. The lowest BCUT2D eigenvalue weighted by Gasteiger charge is -2.16. The van der Waals surface area contributed by atoms with Crippen molar-refractivity contribution in [3.05, 3.63) is 24.0 Å². The molecule has 1 atom stereocenters. The Hall–Kier alpha value is -0.760. The first-order chi connectivity index (χ1) is 7.15. The second-order valence-corrected chi connectivity index (χ2v) is 4.64. The molecular weight excluding hydrogens is 184 g/mol. The predicted molar refractivity (Wildman–Crippen MR) is 65.8 cm³/mol. The lowest BCUT2D eigenvalue weighted by atomic mass is 9.98. The highest BCUT2D eigenvalue weighted by molar-refractivity contribution is 5.06. The molecule has 2 nitrogen and oxygen atoms in total. The van der Waals surface area contributed by atoms with Crippen molar-refractivity contribution in [1.82, 2.24) is 9.88 Å². The summed E-state index contributed by atoms with van der Waals surface area (Å²) in [5.41, 5.74) is 1.38. The number of rotatable bonds is 6. The summed E-state index contributed by atoms with van der Waals surface area (Å²) < 4.78 is 2.28. The maximum Gasteiger partial charge on any atom is 0.0359 e. The van der Waals surface area contributed by atoms with Crippen LogP contribution in [0.25, 0.3) is 0 Å². The van der Waals surface area contributed by atoms with E-state index in [1.54, 1.807) is 0 Å². The largest absolute Gasteiger partial charge is 0.351 e. The van der Waals surface area contributed by atoms with Crippen LogP contribution in [0.5, 0.6) is 0 Å². The van der Waals surface area contributed by atoms with Crippen LogP contribution in [0.3, 0.4) is 0 Å². The normalized spacial score (nSPS) is 13.4. The lowest BCUT2D eigenvalue weighted by Crippen LogP contribution is -2.24. The van der Waals surface area contributed by atoms with Gasteiger partial charge in [-0.1, -0.05) is 20.8 Å². The Morgan fingerprint density at radius 1 is 1.33 bits per heavy atom. The molecular formula is C13H24N2. The molecule has 0 aliphatic rings. The van der Waals surface area contributed by atoms with Gasteiger partial charge >= 0.3 is 0 Å². The van der Waals surface area contributed by atoms with Gasteiger partial charge in [0.25, 0.3) is 0 Å². The van der Waals surface area contributed by atoms with Crippen LogP contribution >= 0.6 is 0 Å². The van der Waals surface area contributed by atoms with E-state index in [9.17, 15) is 0 Å². The van der Waals surface area contributed by atoms with Crippen molar-refractivity contribution in [2.45, 2.75) is 40.8 Å². The summed E-state index contributed by atoms with van der Waals surface area (Å²) in [7, 11) is 0. The number of nitrogens with zero attached hydrogens (tertiary/aromatic N) is 1. The van der Waals surface area contributed by atoms with Gasteiger partial charge in [0, 0.05) is 25.0 Å². The zero-order chi connectivity index (χ0) is 11.3. The summed E-state index contributed by atoms with van der Waals surface area (Å²) in [6.45, 7) is 12.2. The van der Waals surface area contributed by atoms with E-state index in [1.165, 1.54) is 5.69 Å². The SMILES string of the molecule is CCn1cccc1CNCC(C)C(C)C. The van der Waals surface area contributed by atoms with Gasteiger partial charge in [-0.25, -0.2) is 0 Å². The van der Waals surface area contributed by atoms with Crippen molar-refractivity contribution < 1.29 is 0 Å². The van der Waals surface area contributed by atoms with Crippen LogP contribution < -0.4 is 5.32 Å². The fourth-order valence-corrected chi connectivity index (χ4v) is 1.58. The molecule has 0 aliphatic carbocycles. The third-order valence-electron chi connectivity index (χ3n) is 3.17. The summed E-state index contributed by atoms with van der Waals surface area (Å²) in [6.07, 6.45) is 2.14. The van der Waals surface area contributed by atoms with Gasteiger partial charge in [0.2, 0.25) is 0 Å². The lowest BCUT2D eigenvalue weighted by molar-refractivity contribution is 0.390. The number of hydrogen-bond donors (Lipinski definition) is 1. The van der Waals surface area contributed by atoms with E-state index < -0.39 is 0 Å². The number of nitrogens with one attached hydrogen (secondary N) is 1. The average Bonchev–Trinajstić information content (AvgIpc) is 2.65. The van der Waals surface area contributed by atoms with Crippen molar-refractivity contribution >= 4 is 0 Å². The molecule has 0 amide bonds. The molecule has 1 unspecified atom stereocenters. The maximum absolute atomic E-state index is 3.52. The molecule has 15 heavy (non-hydrogen) atoms. The second-order valence-electron chi connectivity index (χ2n) is 4.64. The number of aromatic nitrogens is 1. The predicted octanol–water partition coefficient (Wildman–Crippen LogP) is 2.89. The Labute approximate surface area is 93.7 Å².